The third-order valence-corrected chi connectivity index (χ3v) is 5.12. The second-order valence-corrected chi connectivity index (χ2v) is 7.02. The smallest absolute Gasteiger partial charge is 0.330 e. The fourth-order valence-corrected chi connectivity index (χ4v) is 3.94. The summed E-state index contributed by atoms with van der Waals surface area (Å²) < 4.78 is 0. The zero-order valence-corrected chi connectivity index (χ0v) is 13.5. The van der Waals surface area contributed by atoms with Crippen molar-refractivity contribution >= 4 is 22.2 Å². The van der Waals surface area contributed by atoms with Gasteiger partial charge in [-0.25, -0.2) is 4.98 Å². The molecule has 0 fully saturated rings. The van der Waals surface area contributed by atoms with E-state index < -0.39 is 0 Å². The van der Waals surface area contributed by atoms with E-state index in [-0.39, 0.29) is 0 Å². The molecule has 3 aromatic rings. The Morgan fingerprint density at radius 1 is 1.05 bits per heavy atom. The van der Waals surface area contributed by atoms with Crippen LogP contribution in [0.4, 0.5) is 10.8 Å². The van der Waals surface area contributed by atoms with Crippen LogP contribution < -0.4 is 15.6 Å². The molecule has 0 saturated heterocycles. The second kappa shape index (κ2) is 4.85. The Bertz CT molecular complexity index is 847. The molecular formula is C18H18N3S+. The number of thiazole rings is 1. The molecule has 4 rings (SSSR count). The van der Waals surface area contributed by atoms with E-state index in [4.69, 9.17) is 5.73 Å². The highest BCUT2D eigenvalue weighted by Gasteiger charge is 2.25. The summed E-state index contributed by atoms with van der Waals surface area (Å²) in [5.74, 6) is 0. The van der Waals surface area contributed by atoms with E-state index >= 15 is 0 Å². The zero-order valence-electron chi connectivity index (χ0n) is 12.7. The summed E-state index contributed by atoms with van der Waals surface area (Å²) in [5.41, 5.74) is 13.5. The average molecular weight is 308 g/mol. The number of nitrogens with one attached hydrogen (secondary N) is 1. The van der Waals surface area contributed by atoms with Crippen molar-refractivity contribution in [1.29, 1.82) is 0 Å². The average Bonchev–Trinajstić information content (AvgIpc) is 3.02. The molecule has 0 radical (unpaired) electrons. The number of fused-ring (bicyclic) bond motifs is 3. The lowest BCUT2D eigenvalue weighted by molar-refractivity contribution is -0.340. The van der Waals surface area contributed by atoms with E-state index in [2.05, 4.69) is 66.4 Å². The number of nitrogen functional groups attached to an aromatic ring is 1. The van der Waals surface area contributed by atoms with Crippen LogP contribution >= 0.6 is 11.3 Å². The lowest BCUT2D eigenvalue weighted by Gasteiger charge is -2.13. The van der Waals surface area contributed by atoms with Crippen LogP contribution in [0.15, 0.2) is 42.5 Å². The summed E-state index contributed by atoms with van der Waals surface area (Å²) in [6, 6.07) is 15.4. The first kappa shape index (κ1) is 13.3. The Morgan fingerprint density at radius 3 is 2.50 bits per heavy atom. The quantitative estimate of drug-likeness (QED) is 0.616. The largest absolute Gasteiger partial charge is 0.378 e. The number of benzene rings is 2. The topological polar surface area (TPSA) is 43.4 Å². The van der Waals surface area contributed by atoms with Crippen molar-refractivity contribution in [2.24, 2.45) is 0 Å². The van der Waals surface area contributed by atoms with E-state index in [0.717, 1.165) is 11.6 Å². The maximum Gasteiger partial charge on any atom is 0.330 e. The molecule has 0 bridgehead atoms. The van der Waals surface area contributed by atoms with Crippen LogP contribution in [-0.4, -0.2) is 14.1 Å². The fourth-order valence-electron chi connectivity index (χ4n) is 3.03. The molecule has 3 nitrogen and oxygen atoms in total. The van der Waals surface area contributed by atoms with Gasteiger partial charge < -0.3 is 4.90 Å². The number of hydrogen-bond donors (Lipinski definition) is 1. The van der Waals surface area contributed by atoms with Gasteiger partial charge in [0, 0.05) is 31.8 Å². The van der Waals surface area contributed by atoms with E-state index in [1.807, 2.05) is 0 Å². The van der Waals surface area contributed by atoms with Crippen molar-refractivity contribution in [3.05, 3.63) is 52.9 Å². The Labute approximate surface area is 134 Å². The van der Waals surface area contributed by atoms with Crippen molar-refractivity contribution in [3.63, 3.8) is 0 Å². The van der Waals surface area contributed by atoms with Crippen LogP contribution in [0.5, 0.6) is 0 Å². The molecule has 0 amide bonds. The lowest BCUT2D eigenvalue weighted by atomic mass is 10.00. The highest BCUT2D eigenvalue weighted by atomic mass is 32.1. The van der Waals surface area contributed by atoms with Gasteiger partial charge in [-0.15, -0.1) is 0 Å². The summed E-state index contributed by atoms with van der Waals surface area (Å²) in [4.78, 5) is 6.74. The molecule has 1 aromatic heterocycles. The van der Waals surface area contributed by atoms with Crippen molar-refractivity contribution in [2.45, 2.75) is 6.42 Å². The number of H-pyrrole nitrogens is 1. The zero-order chi connectivity index (χ0) is 15.3. The molecule has 0 aliphatic heterocycles. The molecule has 110 valence electrons. The van der Waals surface area contributed by atoms with Gasteiger partial charge in [0.2, 0.25) is 0 Å². The van der Waals surface area contributed by atoms with Gasteiger partial charge in [-0.05, 0) is 34.9 Å². The predicted molar refractivity (Wildman–Crippen MR) is 93.3 cm³/mol. The molecule has 1 aliphatic rings. The Hall–Kier alpha value is -2.33. The van der Waals surface area contributed by atoms with Gasteiger partial charge in [0.1, 0.15) is 5.69 Å². The lowest BCUT2D eigenvalue weighted by Crippen LogP contribution is -2.07. The van der Waals surface area contributed by atoms with Gasteiger partial charge in [0.05, 0.1) is 4.88 Å². The van der Waals surface area contributed by atoms with E-state index in [0.29, 0.717) is 0 Å². The Morgan fingerprint density at radius 2 is 1.77 bits per heavy atom. The summed E-state index contributed by atoms with van der Waals surface area (Å²) in [6.07, 6.45) is 0.979. The van der Waals surface area contributed by atoms with Gasteiger partial charge in [0.25, 0.3) is 0 Å². The summed E-state index contributed by atoms with van der Waals surface area (Å²) in [7, 11) is 4.12. The maximum absolute atomic E-state index is 5.86. The fraction of sp³-hybridized carbons (Fsp3) is 0.167. The minimum Gasteiger partial charge on any atom is -0.378 e. The van der Waals surface area contributed by atoms with Crippen molar-refractivity contribution in [1.82, 2.24) is 0 Å². The van der Waals surface area contributed by atoms with Crippen LogP contribution in [0.1, 0.15) is 10.4 Å². The molecule has 0 atom stereocenters. The third kappa shape index (κ3) is 2.07. The molecule has 3 N–H and O–H groups in total. The van der Waals surface area contributed by atoms with Crippen LogP contribution in [0.2, 0.25) is 0 Å². The van der Waals surface area contributed by atoms with Crippen LogP contribution in [0.3, 0.4) is 0 Å². The molecule has 1 aliphatic carbocycles. The van der Waals surface area contributed by atoms with Gasteiger partial charge >= 0.3 is 5.13 Å². The summed E-state index contributed by atoms with van der Waals surface area (Å²) in [6.45, 7) is 0. The van der Waals surface area contributed by atoms with Gasteiger partial charge in [-0.1, -0.05) is 35.6 Å². The maximum atomic E-state index is 5.86. The molecule has 22 heavy (non-hydrogen) atoms. The molecule has 4 heteroatoms. The van der Waals surface area contributed by atoms with Crippen molar-refractivity contribution < 1.29 is 4.98 Å². The molecule has 0 spiro atoms. The number of nitrogens with two attached hydrogens (primary N) is 1. The number of rotatable bonds is 2. The van der Waals surface area contributed by atoms with Gasteiger partial charge in [0.15, 0.2) is 0 Å². The summed E-state index contributed by atoms with van der Waals surface area (Å²) >= 11 is 1.66. The second-order valence-electron chi connectivity index (χ2n) is 5.88. The highest BCUT2D eigenvalue weighted by molar-refractivity contribution is 7.15. The van der Waals surface area contributed by atoms with Crippen molar-refractivity contribution in [2.75, 3.05) is 24.7 Å². The monoisotopic (exact) mass is 308 g/mol. The predicted octanol–water partition coefficient (Wildman–Crippen LogP) is 3.45. The molecule has 0 saturated carbocycles. The normalized spacial score (nSPS) is 12.1. The van der Waals surface area contributed by atoms with Crippen LogP contribution in [0.25, 0.3) is 22.4 Å². The SMILES string of the molecule is CN(C)c1ccc(-c2ccc3c(c2)Cc2sc(N)[nH+]c2-3)cc1. The van der Waals surface area contributed by atoms with Gasteiger partial charge in [-0.2, -0.15) is 0 Å². The summed E-state index contributed by atoms with van der Waals surface area (Å²) in [5, 5.41) is 0.791. The first-order chi connectivity index (χ1) is 10.6. The minimum absolute atomic E-state index is 0.791. The molecular weight excluding hydrogens is 290 g/mol. The number of aromatic nitrogens is 1. The molecule has 0 unspecified atom stereocenters. The molecule has 1 heterocycles. The standard InChI is InChI=1S/C18H17N3S/c1-21(2)14-6-3-11(4-7-14)12-5-8-15-13(9-12)10-16-17(15)20-18(19)22-16/h3-9H,10H2,1-2H3,(H2,19,20)/p+1. The Balaban J connectivity index is 1.71. The van der Waals surface area contributed by atoms with E-state index in [1.54, 1.807) is 11.3 Å². The molecule has 2 aromatic carbocycles. The first-order valence-corrected chi connectivity index (χ1v) is 8.15. The highest BCUT2D eigenvalue weighted by Crippen LogP contribution is 2.39. The first-order valence-electron chi connectivity index (χ1n) is 7.33. The number of anilines is 2. The van der Waals surface area contributed by atoms with E-state index in [1.165, 1.54) is 38.5 Å². The number of aromatic amines is 1. The number of nitrogens with zero attached hydrogens (tertiary/aromatic N) is 1. The third-order valence-electron chi connectivity index (χ3n) is 4.20. The van der Waals surface area contributed by atoms with Gasteiger partial charge in [-0.3, -0.25) is 5.73 Å². The minimum atomic E-state index is 0.791. The van der Waals surface area contributed by atoms with E-state index in [9.17, 15) is 0 Å². The van der Waals surface area contributed by atoms with Crippen molar-refractivity contribution in [3.8, 4) is 22.4 Å². The Kier molecular flexibility index (Phi) is 2.94. The number of hydrogen-bond acceptors (Lipinski definition) is 3. The van der Waals surface area contributed by atoms with Crippen LogP contribution in [0, 0.1) is 0 Å². The van der Waals surface area contributed by atoms with Crippen LogP contribution in [-0.2, 0) is 6.42 Å².